The predicted molar refractivity (Wildman–Crippen MR) is 79.3 cm³/mol. The third-order valence-corrected chi connectivity index (χ3v) is 4.39. The predicted octanol–water partition coefficient (Wildman–Crippen LogP) is 3.04. The van der Waals surface area contributed by atoms with E-state index in [1.807, 2.05) is 0 Å². The second-order valence-corrected chi connectivity index (χ2v) is 6.05. The minimum atomic E-state index is 0.200. The molecule has 1 N–H and O–H groups in total. The maximum absolute atomic E-state index is 4.81. The molecule has 0 amide bonds. The van der Waals surface area contributed by atoms with E-state index in [4.69, 9.17) is 4.98 Å². The van der Waals surface area contributed by atoms with Crippen LogP contribution in [-0.2, 0) is 13.5 Å². The monoisotopic (exact) mass is 257 g/mol. The lowest BCUT2D eigenvalue weighted by Gasteiger charge is -2.29. The van der Waals surface area contributed by atoms with E-state index in [1.165, 1.54) is 37.0 Å². The van der Waals surface area contributed by atoms with Crippen LogP contribution in [0.2, 0.25) is 0 Å². The van der Waals surface area contributed by atoms with Crippen LogP contribution in [0.4, 0.5) is 0 Å². The molecular weight excluding hydrogens is 234 g/mol. The topological polar surface area (TPSA) is 29.9 Å². The Morgan fingerprint density at radius 2 is 2.11 bits per heavy atom. The van der Waals surface area contributed by atoms with E-state index in [0.717, 1.165) is 18.5 Å². The molecule has 0 radical (unpaired) electrons. The van der Waals surface area contributed by atoms with Gasteiger partial charge in [0, 0.05) is 19.0 Å². The minimum absolute atomic E-state index is 0.200. The number of para-hydroxylation sites is 2. The number of aryl methyl sites for hydroxylation is 1. The van der Waals surface area contributed by atoms with Gasteiger partial charge < -0.3 is 9.88 Å². The molecule has 3 heteroatoms. The summed E-state index contributed by atoms with van der Waals surface area (Å²) < 4.78 is 2.24. The van der Waals surface area contributed by atoms with E-state index in [2.05, 4.69) is 48.1 Å². The van der Waals surface area contributed by atoms with E-state index >= 15 is 0 Å². The number of nitrogens with zero attached hydrogens (tertiary/aromatic N) is 2. The normalized spacial score (nSPS) is 24.5. The standard InChI is InChI=1S/C16H23N3/c1-16(10-6-3-7-11-17-16)12-15-18-13-8-4-5-9-14(13)19(15)2/h4-5,8-9,17H,3,6-7,10-12H2,1-2H3. The fourth-order valence-electron chi connectivity index (χ4n) is 3.15. The van der Waals surface area contributed by atoms with Crippen LogP contribution < -0.4 is 5.32 Å². The molecule has 0 spiro atoms. The summed E-state index contributed by atoms with van der Waals surface area (Å²) in [6, 6.07) is 8.39. The highest BCUT2D eigenvalue weighted by atomic mass is 15.1. The van der Waals surface area contributed by atoms with Crippen molar-refractivity contribution in [3.05, 3.63) is 30.1 Å². The van der Waals surface area contributed by atoms with Gasteiger partial charge in [-0.25, -0.2) is 4.98 Å². The van der Waals surface area contributed by atoms with Crippen LogP contribution in [0.3, 0.4) is 0 Å². The van der Waals surface area contributed by atoms with Crippen molar-refractivity contribution in [2.75, 3.05) is 6.54 Å². The van der Waals surface area contributed by atoms with E-state index in [9.17, 15) is 0 Å². The van der Waals surface area contributed by atoms with Crippen LogP contribution in [0.5, 0.6) is 0 Å². The van der Waals surface area contributed by atoms with E-state index < -0.39 is 0 Å². The van der Waals surface area contributed by atoms with Gasteiger partial charge in [-0.1, -0.05) is 25.0 Å². The Morgan fingerprint density at radius 3 is 2.95 bits per heavy atom. The second-order valence-electron chi connectivity index (χ2n) is 6.05. The van der Waals surface area contributed by atoms with Crippen molar-refractivity contribution in [1.29, 1.82) is 0 Å². The van der Waals surface area contributed by atoms with Crippen molar-refractivity contribution in [2.45, 2.75) is 44.6 Å². The number of hydrogen-bond donors (Lipinski definition) is 1. The lowest BCUT2D eigenvalue weighted by atomic mass is 9.92. The zero-order chi connectivity index (χ0) is 13.3. The van der Waals surface area contributed by atoms with E-state index in [0.29, 0.717) is 0 Å². The van der Waals surface area contributed by atoms with Gasteiger partial charge in [0.1, 0.15) is 5.82 Å². The molecule has 1 saturated heterocycles. The molecule has 102 valence electrons. The lowest BCUT2D eigenvalue weighted by molar-refractivity contribution is 0.337. The molecule has 19 heavy (non-hydrogen) atoms. The van der Waals surface area contributed by atoms with Gasteiger partial charge in [-0.05, 0) is 38.4 Å². The highest BCUT2D eigenvalue weighted by molar-refractivity contribution is 5.75. The summed E-state index contributed by atoms with van der Waals surface area (Å²) in [5, 5.41) is 3.72. The highest BCUT2D eigenvalue weighted by Crippen LogP contribution is 2.24. The molecule has 1 atom stereocenters. The highest BCUT2D eigenvalue weighted by Gasteiger charge is 2.27. The summed E-state index contributed by atoms with van der Waals surface area (Å²) >= 11 is 0. The molecule has 2 heterocycles. The van der Waals surface area contributed by atoms with Crippen molar-refractivity contribution in [2.24, 2.45) is 7.05 Å². The van der Waals surface area contributed by atoms with Gasteiger partial charge >= 0.3 is 0 Å². The molecule has 3 rings (SSSR count). The largest absolute Gasteiger partial charge is 0.331 e. The van der Waals surface area contributed by atoms with Gasteiger partial charge in [0.25, 0.3) is 0 Å². The summed E-state index contributed by atoms with van der Waals surface area (Å²) in [7, 11) is 2.13. The van der Waals surface area contributed by atoms with Crippen molar-refractivity contribution in [3.8, 4) is 0 Å². The van der Waals surface area contributed by atoms with Crippen LogP contribution in [-0.4, -0.2) is 21.6 Å². The van der Waals surface area contributed by atoms with Crippen LogP contribution in [0, 0.1) is 0 Å². The fourth-order valence-corrected chi connectivity index (χ4v) is 3.15. The first-order valence-corrected chi connectivity index (χ1v) is 7.33. The first kappa shape index (κ1) is 12.7. The van der Waals surface area contributed by atoms with Gasteiger partial charge in [-0.2, -0.15) is 0 Å². The Hall–Kier alpha value is -1.35. The minimum Gasteiger partial charge on any atom is -0.331 e. The van der Waals surface area contributed by atoms with Crippen LogP contribution in [0.25, 0.3) is 11.0 Å². The molecule has 1 aromatic carbocycles. The van der Waals surface area contributed by atoms with Gasteiger partial charge in [0.05, 0.1) is 11.0 Å². The number of aromatic nitrogens is 2. The molecule has 1 fully saturated rings. The number of rotatable bonds is 2. The Labute approximate surface area is 115 Å². The Kier molecular flexibility index (Phi) is 3.31. The Morgan fingerprint density at radius 1 is 1.26 bits per heavy atom. The number of nitrogens with one attached hydrogen (secondary N) is 1. The van der Waals surface area contributed by atoms with E-state index in [-0.39, 0.29) is 5.54 Å². The number of fused-ring (bicyclic) bond motifs is 1. The second kappa shape index (κ2) is 4.97. The molecular formula is C16H23N3. The zero-order valence-electron chi connectivity index (χ0n) is 11.9. The molecule has 0 aliphatic carbocycles. The van der Waals surface area contributed by atoms with E-state index in [1.54, 1.807) is 0 Å². The smallest absolute Gasteiger partial charge is 0.111 e. The summed E-state index contributed by atoms with van der Waals surface area (Å²) in [5.74, 6) is 1.19. The SMILES string of the molecule is Cn1c(CC2(C)CCCCCN2)nc2ccccc21. The van der Waals surface area contributed by atoms with Crippen molar-refractivity contribution in [1.82, 2.24) is 14.9 Å². The lowest BCUT2D eigenvalue weighted by Crippen LogP contribution is -2.44. The molecule has 0 bridgehead atoms. The number of benzene rings is 1. The molecule has 0 saturated carbocycles. The van der Waals surface area contributed by atoms with Crippen LogP contribution >= 0.6 is 0 Å². The van der Waals surface area contributed by atoms with Crippen molar-refractivity contribution < 1.29 is 0 Å². The Bertz CT molecular complexity index is 562. The fraction of sp³-hybridized carbons (Fsp3) is 0.562. The third kappa shape index (κ3) is 2.52. The summed E-state index contributed by atoms with van der Waals surface area (Å²) in [5.41, 5.74) is 2.54. The number of imidazole rings is 1. The summed E-state index contributed by atoms with van der Waals surface area (Å²) in [4.78, 5) is 4.81. The first-order valence-electron chi connectivity index (χ1n) is 7.33. The first-order chi connectivity index (χ1) is 9.18. The van der Waals surface area contributed by atoms with Gasteiger partial charge in [0.15, 0.2) is 0 Å². The average molecular weight is 257 g/mol. The molecule has 1 aliphatic heterocycles. The van der Waals surface area contributed by atoms with Crippen molar-refractivity contribution in [3.63, 3.8) is 0 Å². The molecule has 1 aromatic heterocycles. The molecule has 3 nitrogen and oxygen atoms in total. The quantitative estimate of drug-likeness (QED) is 0.896. The Balaban J connectivity index is 1.90. The number of hydrogen-bond acceptors (Lipinski definition) is 2. The zero-order valence-corrected chi connectivity index (χ0v) is 11.9. The third-order valence-electron chi connectivity index (χ3n) is 4.39. The molecule has 1 aliphatic rings. The van der Waals surface area contributed by atoms with Crippen LogP contribution in [0.15, 0.2) is 24.3 Å². The maximum atomic E-state index is 4.81. The van der Waals surface area contributed by atoms with Gasteiger partial charge in [-0.15, -0.1) is 0 Å². The maximum Gasteiger partial charge on any atom is 0.111 e. The molecule has 2 aromatic rings. The van der Waals surface area contributed by atoms with Crippen LogP contribution in [0.1, 0.15) is 38.4 Å². The van der Waals surface area contributed by atoms with Gasteiger partial charge in [-0.3, -0.25) is 0 Å². The summed E-state index contributed by atoms with van der Waals surface area (Å²) in [6.07, 6.45) is 6.24. The van der Waals surface area contributed by atoms with Crippen molar-refractivity contribution >= 4 is 11.0 Å². The van der Waals surface area contributed by atoms with Gasteiger partial charge in [0.2, 0.25) is 0 Å². The molecule has 1 unspecified atom stereocenters. The summed E-state index contributed by atoms with van der Waals surface area (Å²) in [6.45, 7) is 3.48. The average Bonchev–Trinajstić information content (AvgIpc) is 2.58.